The molecule has 4 heterocycles. The van der Waals surface area contributed by atoms with Crippen LogP contribution in [-0.4, -0.2) is 52.5 Å². The van der Waals surface area contributed by atoms with Crippen molar-refractivity contribution in [3.8, 4) is 11.1 Å². The highest BCUT2D eigenvalue weighted by molar-refractivity contribution is 7.92. The van der Waals surface area contributed by atoms with Crippen molar-refractivity contribution in [3.05, 3.63) is 48.8 Å². The first-order valence-electron chi connectivity index (χ1n) is 9.48. The third-order valence-corrected chi connectivity index (χ3v) is 5.76. The summed E-state index contributed by atoms with van der Waals surface area (Å²) >= 11 is 0. The number of sulfonamides is 1. The molecule has 0 amide bonds. The molecule has 158 valence electrons. The average molecular weight is 431 g/mol. The van der Waals surface area contributed by atoms with E-state index in [0.29, 0.717) is 35.6 Å². The normalized spacial score (nSPS) is 15.4. The highest BCUT2D eigenvalue weighted by Crippen LogP contribution is 2.39. The first kappa shape index (κ1) is 20.2. The van der Waals surface area contributed by atoms with Crippen LogP contribution < -0.4 is 9.62 Å². The molecule has 1 aliphatic rings. The summed E-state index contributed by atoms with van der Waals surface area (Å²) in [5, 5.41) is 8.19. The maximum absolute atomic E-state index is 13.3. The van der Waals surface area contributed by atoms with Gasteiger partial charge in [-0.05, 0) is 25.0 Å². The van der Waals surface area contributed by atoms with Crippen molar-refractivity contribution in [1.29, 1.82) is 0 Å². The van der Waals surface area contributed by atoms with Gasteiger partial charge in [0, 0.05) is 49.6 Å². The highest BCUT2D eigenvalue weighted by Gasteiger charge is 2.27. The molecule has 0 atom stereocenters. The molecule has 0 radical (unpaired) electrons. The number of aromatic nitrogens is 5. The molecule has 0 aliphatic carbocycles. The molecule has 11 heteroatoms. The average Bonchev–Trinajstić information content (AvgIpc) is 3.13. The summed E-state index contributed by atoms with van der Waals surface area (Å²) in [4.78, 5) is 10.1. The van der Waals surface area contributed by atoms with Crippen molar-refractivity contribution in [2.75, 3.05) is 29.0 Å². The number of hydrogen-bond acceptors (Lipinski definition) is 7. The first-order chi connectivity index (χ1) is 14.3. The molecule has 4 rings (SSSR count). The summed E-state index contributed by atoms with van der Waals surface area (Å²) in [5.41, 5.74) is 2.44. The second-order valence-electron chi connectivity index (χ2n) is 7.39. The summed E-state index contributed by atoms with van der Waals surface area (Å²) in [6.45, 7) is 1.39. The summed E-state index contributed by atoms with van der Waals surface area (Å²) in [5.74, 6) is 0.642. The third kappa shape index (κ3) is 4.25. The summed E-state index contributed by atoms with van der Waals surface area (Å²) in [6, 6.07) is 2.88. The van der Waals surface area contributed by atoms with E-state index in [9.17, 15) is 12.8 Å². The van der Waals surface area contributed by atoms with Gasteiger partial charge in [0.05, 0.1) is 23.8 Å². The quantitative estimate of drug-likeness (QED) is 0.617. The van der Waals surface area contributed by atoms with E-state index in [1.807, 2.05) is 11.6 Å². The van der Waals surface area contributed by atoms with Crippen LogP contribution in [-0.2, 0) is 17.1 Å². The molecule has 0 saturated carbocycles. The van der Waals surface area contributed by atoms with E-state index in [2.05, 4.69) is 29.8 Å². The topological polar surface area (TPSA) is 106 Å². The highest BCUT2D eigenvalue weighted by atomic mass is 32.2. The summed E-state index contributed by atoms with van der Waals surface area (Å²) in [7, 11) is -1.58. The van der Waals surface area contributed by atoms with Gasteiger partial charge in [-0.25, -0.2) is 13.4 Å². The number of piperidine rings is 1. The van der Waals surface area contributed by atoms with Gasteiger partial charge in [-0.2, -0.15) is 4.39 Å². The van der Waals surface area contributed by atoms with Crippen LogP contribution in [0.4, 0.5) is 15.8 Å². The fourth-order valence-corrected chi connectivity index (χ4v) is 4.39. The Morgan fingerprint density at radius 2 is 1.93 bits per heavy atom. The lowest BCUT2D eigenvalue weighted by Crippen LogP contribution is -2.34. The van der Waals surface area contributed by atoms with Crippen LogP contribution in [0.2, 0.25) is 0 Å². The number of anilines is 2. The number of aryl methyl sites for hydroxylation is 1. The molecule has 0 spiro atoms. The maximum atomic E-state index is 13.3. The van der Waals surface area contributed by atoms with Gasteiger partial charge in [0.2, 0.25) is 16.0 Å². The van der Waals surface area contributed by atoms with Gasteiger partial charge in [-0.3, -0.25) is 9.71 Å². The number of rotatable bonds is 5. The van der Waals surface area contributed by atoms with Crippen molar-refractivity contribution in [2.45, 2.75) is 18.8 Å². The molecule has 9 nitrogen and oxygen atoms in total. The van der Waals surface area contributed by atoms with Crippen molar-refractivity contribution in [1.82, 2.24) is 24.7 Å². The van der Waals surface area contributed by atoms with E-state index in [1.54, 1.807) is 18.6 Å². The van der Waals surface area contributed by atoms with Gasteiger partial charge < -0.3 is 9.47 Å². The Hall–Kier alpha value is -3.08. The number of nitrogens with zero attached hydrogens (tertiary/aromatic N) is 6. The molecule has 1 saturated heterocycles. The minimum Gasteiger partial charge on any atom is -0.369 e. The van der Waals surface area contributed by atoms with Gasteiger partial charge in [0.1, 0.15) is 12.2 Å². The van der Waals surface area contributed by atoms with Crippen LogP contribution in [0.3, 0.4) is 0 Å². The lowest BCUT2D eigenvalue weighted by molar-refractivity contribution is 0.474. The summed E-state index contributed by atoms with van der Waals surface area (Å²) in [6.07, 6.45) is 9.04. The van der Waals surface area contributed by atoms with E-state index in [4.69, 9.17) is 0 Å². The van der Waals surface area contributed by atoms with Gasteiger partial charge in [-0.1, -0.05) is 0 Å². The Kier molecular flexibility index (Phi) is 5.37. The second-order valence-corrected chi connectivity index (χ2v) is 9.14. The zero-order valence-corrected chi connectivity index (χ0v) is 17.5. The lowest BCUT2D eigenvalue weighted by atomic mass is 9.94. The van der Waals surface area contributed by atoms with Crippen LogP contribution in [0.15, 0.2) is 37.1 Å². The molecule has 0 unspecified atom stereocenters. The fraction of sp³-hybridized carbons (Fsp3) is 0.368. The minimum atomic E-state index is -3.51. The van der Waals surface area contributed by atoms with Crippen molar-refractivity contribution in [2.24, 2.45) is 7.05 Å². The van der Waals surface area contributed by atoms with E-state index >= 15 is 0 Å². The minimum absolute atomic E-state index is 0.276. The SMILES string of the molecule is Cn1cnnc1C1CCN(c2c(NS(C)(=O)=O)cncc2-c2ccc(F)nc2)CC1. The standard InChI is InChI=1S/C19H22FN7O2S/c1-26-12-23-24-19(26)13-5-7-27(8-6-13)18-15(14-3-4-17(20)22-9-14)10-21-11-16(18)25-30(2,28)29/h3-4,9-13,25H,5-8H2,1-2H3. The Morgan fingerprint density at radius 3 is 2.53 bits per heavy atom. The van der Waals surface area contributed by atoms with Gasteiger partial charge in [-0.15, -0.1) is 10.2 Å². The fourth-order valence-electron chi connectivity index (χ4n) is 3.84. The molecule has 1 N–H and O–H groups in total. The molecule has 3 aromatic rings. The number of nitrogens with one attached hydrogen (secondary N) is 1. The molecule has 1 fully saturated rings. The van der Waals surface area contributed by atoms with Crippen molar-refractivity contribution < 1.29 is 12.8 Å². The molecule has 3 aromatic heterocycles. The van der Waals surface area contributed by atoms with E-state index in [0.717, 1.165) is 24.9 Å². The monoisotopic (exact) mass is 431 g/mol. The first-order valence-corrected chi connectivity index (χ1v) is 11.4. The largest absolute Gasteiger partial charge is 0.369 e. The zero-order chi connectivity index (χ0) is 21.3. The predicted octanol–water partition coefficient (Wildman–Crippen LogP) is 2.17. The van der Waals surface area contributed by atoms with E-state index in [1.165, 1.54) is 18.5 Å². The lowest BCUT2D eigenvalue weighted by Gasteiger charge is -2.35. The second kappa shape index (κ2) is 7.98. The zero-order valence-electron chi connectivity index (χ0n) is 16.7. The van der Waals surface area contributed by atoms with Crippen LogP contribution in [0.1, 0.15) is 24.6 Å². The molecular weight excluding hydrogens is 409 g/mol. The Morgan fingerprint density at radius 1 is 1.17 bits per heavy atom. The van der Waals surface area contributed by atoms with Gasteiger partial charge >= 0.3 is 0 Å². The number of pyridine rings is 2. The van der Waals surface area contributed by atoms with Gasteiger partial charge in [0.15, 0.2) is 0 Å². The third-order valence-electron chi connectivity index (χ3n) is 5.17. The molecule has 1 aliphatic heterocycles. The maximum Gasteiger partial charge on any atom is 0.229 e. The van der Waals surface area contributed by atoms with Crippen molar-refractivity contribution in [3.63, 3.8) is 0 Å². The number of halogens is 1. The van der Waals surface area contributed by atoms with Crippen LogP contribution in [0.25, 0.3) is 11.1 Å². The van der Waals surface area contributed by atoms with Crippen LogP contribution >= 0.6 is 0 Å². The Balaban J connectivity index is 1.70. The smallest absolute Gasteiger partial charge is 0.229 e. The molecule has 0 aromatic carbocycles. The molecular formula is C19H22FN7O2S. The number of hydrogen-bond donors (Lipinski definition) is 1. The van der Waals surface area contributed by atoms with Crippen LogP contribution in [0, 0.1) is 5.95 Å². The van der Waals surface area contributed by atoms with Crippen LogP contribution in [0.5, 0.6) is 0 Å². The predicted molar refractivity (Wildman–Crippen MR) is 111 cm³/mol. The van der Waals surface area contributed by atoms with Crippen molar-refractivity contribution >= 4 is 21.4 Å². The Labute approximate surface area is 174 Å². The molecule has 0 bridgehead atoms. The van der Waals surface area contributed by atoms with E-state index < -0.39 is 16.0 Å². The van der Waals surface area contributed by atoms with E-state index in [-0.39, 0.29) is 5.92 Å². The Bertz CT molecular complexity index is 1140. The van der Waals surface area contributed by atoms with Gasteiger partial charge in [0.25, 0.3) is 0 Å². The summed E-state index contributed by atoms with van der Waals surface area (Å²) < 4.78 is 41.7. The molecule has 30 heavy (non-hydrogen) atoms.